The quantitative estimate of drug-likeness (QED) is 0.872. The smallest absolute Gasteiger partial charge is 0.140 e. The Morgan fingerprint density at radius 3 is 2.53 bits per heavy atom. The lowest BCUT2D eigenvalue weighted by atomic mass is 10.2. The van der Waals surface area contributed by atoms with Gasteiger partial charge in [0.2, 0.25) is 0 Å². The molecule has 2 aliphatic carbocycles. The molecule has 3 rings (SSSR count). The molecule has 2 fully saturated rings. The monoisotopic (exact) mass is 315 g/mol. The summed E-state index contributed by atoms with van der Waals surface area (Å²) in [5.74, 6) is 3.15. The first-order valence-corrected chi connectivity index (χ1v) is 6.63. The van der Waals surface area contributed by atoms with Crippen LogP contribution in [0.1, 0.15) is 43.1 Å². The molecule has 0 unspecified atom stereocenters. The van der Waals surface area contributed by atoms with Gasteiger partial charge in [0.1, 0.15) is 11.6 Å². The summed E-state index contributed by atoms with van der Waals surface area (Å²) >= 11 is 2.28. The predicted octanol–water partition coefficient (Wildman–Crippen LogP) is 2.49. The van der Waals surface area contributed by atoms with Crippen LogP contribution in [0.5, 0.6) is 0 Å². The number of nitrogens with two attached hydrogens (primary N) is 1. The highest BCUT2D eigenvalue weighted by Crippen LogP contribution is 2.42. The normalized spacial score (nSPS) is 20.6. The van der Waals surface area contributed by atoms with E-state index in [4.69, 9.17) is 5.73 Å². The third-order valence-electron chi connectivity index (χ3n) is 3.08. The zero-order valence-corrected chi connectivity index (χ0v) is 10.7. The number of hydrogen-bond donors (Lipinski definition) is 1. The second-order valence-electron chi connectivity index (χ2n) is 4.65. The molecule has 1 heterocycles. The molecule has 0 radical (unpaired) electrons. The molecule has 0 bridgehead atoms. The van der Waals surface area contributed by atoms with Crippen molar-refractivity contribution in [2.24, 2.45) is 5.92 Å². The van der Waals surface area contributed by atoms with Crippen LogP contribution < -0.4 is 5.73 Å². The minimum absolute atomic E-state index is 0.667. The van der Waals surface area contributed by atoms with Crippen LogP contribution in [0.4, 0.5) is 5.82 Å². The number of hydrogen-bond acceptors (Lipinski definition) is 3. The van der Waals surface area contributed by atoms with Crippen molar-refractivity contribution in [1.82, 2.24) is 9.97 Å². The van der Waals surface area contributed by atoms with Crippen LogP contribution in [0.2, 0.25) is 0 Å². The van der Waals surface area contributed by atoms with Crippen LogP contribution in [0, 0.1) is 9.49 Å². The van der Waals surface area contributed by atoms with Gasteiger partial charge in [0.15, 0.2) is 0 Å². The van der Waals surface area contributed by atoms with E-state index in [0.29, 0.717) is 11.7 Å². The molecule has 0 amide bonds. The summed E-state index contributed by atoms with van der Waals surface area (Å²) in [7, 11) is 0. The lowest BCUT2D eigenvalue weighted by Crippen LogP contribution is -2.07. The topological polar surface area (TPSA) is 51.8 Å². The fourth-order valence-electron chi connectivity index (χ4n) is 1.83. The first-order chi connectivity index (χ1) is 7.24. The Morgan fingerprint density at radius 2 is 1.93 bits per heavy atom. The number of aromatic nitrogens is 2. The second-order valence-corrected chi connectivity index (χ2v) is 5.72. The van der Waals surface area contributed by atoms with E-state index >= 15 is 0 Å². The van der Waals surface area contributed by atoms with Crippen molar-refractivity contribution < 1.29 is 0 Å². The van der Waals surface area contributed by atoms with Crippen LogP contribution in [-0.2, 0) is 6.42 Å². The standard InChI is InChI=1S/C11H14IN3/c12-9-10(7-3-4-7)14-8(15-11(9)13)5-6-1-2-6/h6-7H,1-5H2,(H2,13,14,15). The van der Waals surface area contributed by atoms with Crippen LogP contribution >= 0.6 is 22.6 Å². The Balaban J connectivity index is 1.93. The average molecular weight is 315 g/mol. The van der Waals surface area contributed by atoms with E-state index < -0.39 is 0 Å². The van der Waals surface area contributed by atoms with E-state index in [-0.39, 0.29) is 0 Å². The summed E-state index contributed by atoms with van der Waals surface area (Å²) in [4.78, 5) is 9.06. The van der Waals surface area contributed by atoms with Gasteiger partial charge in [-0.1, -0.05) is 0 Å². The Bertz CT molecular complexity index is 397. The van der Waals surface area contributed by atoms with E-state index in [2.05, 4.69) is 32.6 Å². The van der Waals surface area contributed by atoms with Crippen LogP contribution in [-0.4, -0.2) is 9.97 Å². The Labute approximate surface area is 103 Å². The van der Waals surface area contributed by atoms with Gasteiger partial charge in [-0.25, -0.2) is 9.97 Å². The van der Waals surface area contributed by atoms with Gasteiger partial charge in [0.25, 0.3) is 0 Å². The first kappa shape index (κ1) is 9.81. The summed E-state index contributed by atoms with van der Waals surface area (Å²) in [5.41, 5.74) is 7.13. The van der Waals surface area contributed by atoms with Gasteiger partial charge in [-0.05, 0) is 54.2 Å². The van der Waals surface area contributed by atoms with E-state index in [1.807, 2.05) is 0 Å². The highest BCUT2D eigenvalue weighted by molar-refractivity contribution is 14.1. The van der Waals surface area contributed by atoms with Crippen LogP contribution in [0.15, 0.2) is 0 Å². The Hall–Kier alpha value is -0.390. The van der Waals surface area contributed by atoms with Crippen molar-refractivity contribution in [3.63, 3.8) is 0 Å². The largest absolute Gasteiger partial charge is 0.383 e. The van der Waals surface area contributed by atoms with Gasteiger partial charge in [0.05, 0.1) is 9.26 Å². The summed E-state index contributed by atoms with van der Waals surface area (Å²) in [5, 5.41) is 0. The molecule has 2 saturated carbocycles. The number of halogens is 1. The fraction of sp³-hybridized carbons (Fsp3) is 0.636. The molecule has 2 aliphatic rings. The molecule has 4 heteroatoms. The van der Waals surface area contributed by atoms with Gasteiger partial charge in [-0.3, -0.25) is 0 Å². The van der Waals surface area contributed by atoms with Crippen molar-refractivity contribution in [2.45, 2.75) is 38.0 Å². The molecule has 0 aromatic carbocycles. The lowest BCUT2D eigenvalue weighted by molar-refractivity contribution is 0.756. The Morgan fingerprint density at radius 1 is 1.20 bits per heavy atom. The van der Waals surface area contributed by atoms with Crippen molar-refractivity contribution >= 4 is 28.4 Å². The SMILES string of the molecule is Nc1nc(CC2CC2)nc(C2CC2)c1I. The van der Waals surface area contributed by atoms with Gasteiger partial charge < -0.3 is 5.73 Å². The number of nitrogen functional groups attached to an aromatic ring is 1. The molecular weight excluding hydrogens is 301 g/mol. The van der Waals surface area contributed by atoms with E-state index in [1.54, 1.807) is 0 Å². The molecule has 0 spiro atoms. The Kier molecular flexibility index (Phi) is 2.34. The van der Waals surface area contributed by atoms with E-state index in [0.717, 1.165) is 21.7 Å². The fourth-order valence-corrected chi connectivity index (χ4v) is 2.51. The third-order valence-corrected chi connectivity index (χ3v) is 4.19. The van der Waals surface area contributed by atoms with Crippen molar-refractivity contribution in [2.75, 3.05) is 5.73 Å². The number of anilines is 1. The summed E-state index contributed by atoms with van der Waals surface area (Å²) in [6, 6.07) is 0. The minimum Gasteiger partial charge on any atom is -0.383 e. The highest BCUT2D eigenvalue weighted by atomic mass is 127. The zero-order chi connectivity index (χ0) is 10.4. The van der Waals surface area contributed by atoms with Crippen LogP contribution in [0.25, 0.3) is 0 Å². The molecule has 1 aromatic heterocycles. The maximum Gasteiger partial charge on any atom is 0.140 e. The van der Waals surface area contributed by atoms with Crippen LogP contribution in [0.3, 0.4) is 0 Å². The summed E-state index contributed by atoms with van der Waals surface area (Å²) in [6.45, 7) is 0. The number of rotatable bonds is 3. The summed E-state index contributed by atoms with van der Waals surface area (Å²) in [6.07, 6.45) is 6.26. The molecule has 80 valence electrons. The molecule has 2 N–H and O–H groups in total. The predicted molar refractivity (Wildman–Crippen MR) is 67.6 cm³/mol. The van der Waals surface area contributed by atoms with Crippen molar-refractivity contribution in [3.8, 4) is 0 Å². The zero-order valence-electron chi connectivity index (χ0n) is 8.54. The summed E-state index contributed by atoms with van der Waals surface area (Å²) < 4.78 is 1.08. The van der Waals surface area contributed by atoms with Gasteiger partial charge in [0, 0.05) is 12.3 Å². The van der Waals surface area contributed by atoms with Gasteiger partial charge in [-0.15, -0.1) is 0 Å². The third kappa shape index (κ3) is 2.09. The molecule has 0 atom stereocenters. The maximum atomic E-state index is 5.92. The second kappa shape index (κ2) is 3.57. The molecule has 15 heavy (non-hydrogen) atoms. The molecule has 1 aromatic rings. The minimum atomic E-state index is 0.667. The molecular formula is C11H14IN3. The van der Waals surface area contributed by atoms with Crippen molar-refractivity contribution in [3.05, 3.63) is 15.1 Å². The van der Waals surface area contributed by atoms with E-state index in [1.165, 1.54) is 31.4 Å². The molecule has 3 nitrogen and oxygen atoms in total. The maximum absolute atomic E-state index is 5.92. The number of nitrogens with zero attached hydrogens (tertiary/aromatic N) is 2. The van der Waals surface area contributed by atoms with E-state index in [9.17, 15) is 0 Å². The van der Waals surface area contributed by atoms with Gasteiger partial charge >= 0.3 is 0 Å². The van der Waals surface area contributed by atoms with Crippen molar-refractivity contribution in [1.29, 1.82) is 0 Å². The highest BCUT2D eigenvalue weighted by Gasteiger charge is 2.30. The average Bonchev–Trinajstić information content (AvgIpc) is 3.01. The first-order valence-electron chi connectivity index (χ1n) is 5.56. The lowest BCUT2D eigenvalue weighted by Gasteiger charge is -2.07. The molecule has 0 saturated heterocycles. The molecule has 0 aliphatic heterocycles. The van der Waals surface area contributed by atoms with Gasteiger partial charge in [-0.2, -0.15) is 0 Å².